The molecule has 1 fully saturated rings. The first-order valence-corrected chi connectivity index (χ1v) is 7.32. The highest BCUT2D eigenvalue weighted by Gasteiger charge is 2.24. The summed E-state index contributed by atoms with van der Waals surface area (Å²) in [6.45, 7) is 4.92. The van der Waals surface area contributed by atoms with Crippen LogP contribution in [0.1, 0.15) is 37.1 Å². The van der Waals surface area contributed by atoms with Gasteiger partial charge in [-0.25, -0.2) is 15.8 Å². The van der Waals surface area contributed by atoms with Gasteiger partial charge in [-0.15, -0.1) is 0 Å². The van der Waals surface area contributed by atoms with Gasteiger partial charge in [0.05, 0.1) is 0 Å². The first-order chi connectivity index (χ1) is 9.65. The number of hydrogen-bond acceptors (Lipinski definition) is 6. The third-order valence-corrected chi connectivity index (χ3v) is 4.23. The number of rotatable bonds is 5. The summed E-state index contributed by atoms with van der Waals surface area (Å²) in [5.74, 6) is 8.56. The molecule has 1 aliphatic carbocycles. The zero-order valence-corrected chi connectivity index (χ0v) is 12.3. The molecule has 0 amide bonds. The molecule has 5 N–H and O–H groups in total. The van der Waals surface area contributed by atoms with Crippen LogP contribution >= 0.6 is 0 Å². The summed E-state index contributed by atoms with van der Waals surface area (Å²) in [5.41, 5.74) is 3.53. The molecule has 6 heteroatoms. The van der Waals surface area contributed by atoms with Crippen LogP contribution in [0.15, 0.2) is 0 Å². The Balaban J connectivity index is 2.04. The molecule has 1 saturated carbocycles. The molecular formula is C14H25N5O. The van der Waals surface area contributed by atoms with E-state index in [0.29, 0.717) is 23.5 Å². The van der Waals surface area contributed by atoms with E-state index < -0.39 is 0 Å². The van der Waals surface area contributed by atoms with Gasteiger partial charge in [-0.2, -0.15) is 0 Å². The Morgan fingerprint density at radius 1 is 1.15 bits per heavy atom. The van der Waals surface area contributed by atoms with Crippen LogP contribution in [0.5, 0.6) is 0 Å². The lowest BCUT2D eigenvalue weighted by molar-refractivity contribution is 0.141. The quantitative estimate of drug-likeness (QED) is 0.483. The molecule has 112 valence electrons. The number of nitrogens with one attached hydrogen (secondary N) is 2. The van der Waals surface area contributed by atoms with E-state index in [9.17, 15) is 5.11 Å². The molecule has 6 nitrogen and oxygen atoms in total. The highest BCUT2D eigenvalue weighted by molar-refractivity contribution is 5.56. The average molecular weight is 279 g/mol. The molecule has 1 aromatic heterocycles. The van der Waals surface area contributed by atoms with Crippen molar-refractivity contribution in [3.8, 4) is 0 Å². The Morgan fingerprint density at radius 2 is 1.80 bits per heavy atom. The molecule has 20 heavy (non-hydrogen) atoms. The molecule has 0 radical (unpaired) electrons. The Kier molecular flexibility index (Phi) is 5.14. The Morgan fingerprint density at radius 3 is 2.45 bits per heavy atom. The molecule has 2 atom stereocenters. The van der Waals surface area contributed by atoms with Crippen molar-refractivity contribution in [2.24, 2.45) is 17.7 Å². The van der Waals surface area contributed by atoms with Gasteiger partial charge in [0.2, 0.25) is 0 Å². The minimum Gasteiger partial charge on any atom is -0.396 e. The van der Waals surface area contributed by atoms with E-state index in [2.05, 4.69) is 20.7 Å². The van der Waals surface area contributed by atoms with Crippen LogP contribution in [0.3, 0.4) is 0 Å². The number of hydrazine groups is 1. The van der Waals surface area contributed by atoms with Crippen molar-refractivity contribution in [2.75, 3.05) is 23.9 Å². The van der Waals surface area contributed by atoms with E-state index in [1.807, 2.05) is 13.8 Å². The van der Waals surface area contributed by atoms with Gasteiger partial charge in [-0.1, -0.05) is 12.8 Å². The van der Waals surface area contributed by atoms with Crippen LogP contribution in [0.4, 0.5) is 11.6 Å². The van der Waals surface area contributed by atoms with Crippen LogP contribution < -0.4 is 16.6 Å². The van der Waals surface area contributed by atoms with Crippen molar-refractivity contribution in [2.45, 2.75) is 39.5 Å². The second-order valence-electron chi connectivity index (χ2n) is 5.61. The van der Waals surface area contributed by atoms with E-state index in [-0.39, 0.29) is 6.61 Å². The fraction of sp³-hybridized carbons (Fsp3) is 0.714. The lowest BCUT2D eigenvalue weighted by Gasteiger charge is -2.30. The number of aryl methyl sites for hydroxylation is 1. The molecule has 1 aliphatic rings. The summed E-state index contributed by atoms with van der Waals surface area (Å²) in [5, 5.41) is 12.9. The molecule has 2 rings (SSSR count). The lowest BCUT2D eigenvalue weighted by Crippen LogP contribution is -2.29. The predicted molar refractivity (Wildman–Crippen MR) is 80.3 cm³/mol. The monoisotopic (exact) mass is 279 g/mol. The van der Waals surface area contributed by atoms with Crippen molar-refractivity contribution < 1.29 is 5.11 Å². The van der Waals surface area contributed by atoms with Gasteiger partial charge in [0, 0.05) is 18.7 Å². The number of nitrogen functional groups attached to an aromatic ring is 1. The number of aromatic nitrogens is 2. The summed E-state index contributed by atoms with van der Waals surface area (Å²) < 4.78 is 0. The van der Waals surface area contributed by atoms with Crippen molar-refractivity contribution >= 4 is 11.6 Å². The second kappa shape index (κ2) is 6.85. The standard InChI is InChI=1S/C14H25N5O/c1-9-13(17-10(2)18-14(9)19-15)16-7-11-5-3-4-6-12(11)8-20/h11-12,20H,3-8,15H2,1-2H3,(H2,16,17,18,19). The van der Waals surface area contributed by atoms with Crippen molar-refractivity contribution in [1.29, 1.82) is 0 Å². The fourth-order valence-corrected chi connectivity index (χ4v) is 2.96. The van der Waals surface area contributed by atoms with E-state index >= 15 is 0 Å². The number of nitrogens with two attached hydrogens (primary N) is 1. The highest BCUT2D eigenvalue weighted by atomic mass is 16.3. The number of aliphatic hydroxyl groups excluding tert-OH is 1. The van der Waals surface area contributed by atoms with E-state index in [0.717, 1.165) is 24.3 Å². The zero-order valence-electron chi connectivity index (χ0n) is 12.3. The van der Waals surface area contributed by atoms with E-state index in [1.54, 1.807) is 0 Å². The first kappa shape index (κ1) is 15.0. The summed E-state index contributed by atoms with van der Waals surface area (Å²) in [7, 11) is 0. The van der Waals surface area contributed by atoms with Crippen LogP contribution in [0.25, 0.3) is 0 Å². The van der Waals surface area contributed by atoms with Gasteiger partial charge in [0.1, 0.15) is 17.5 Å². The largest absolute Gasteiger partial charge is 0.396 e. The maximum absolute atomic E-state index is 9.46. The van der Waals surface area contributed by atoms with Gasteiger partial charge in [0.25, 0.3) is 0 Å². The third kappa shape index (κ3) is 3.37. The Labute approximate surface area is 120 Å². The van der Waals surface area contributed by atoms with E-state index in [4.69, 9.17) is 5.84 Å². The van der Waals surface area contributed by atoms with Crippen molar-refractivity contribution in [3.63, 3.8) is 0 Å². The normalized spacial score (nSPS) is 22.6. The Bertz CT molecular complexity index is 451. The van der Waals surface area contributed by atoms with Crippen molar-refractivity contribution in [3.05, 3.63) is 11.4 Å². The number of hydrogen-bond donors (Lipinski definition) is 4. The van der Waals surface area contributed by atoms with Crippen LogP contribution in [-0.2, 0) is 0 Å². The molecule has 0 spiro atoms. The highest BCUT2D eigenvalue weighted by Crippen LogP contribution is 2.30. The Hall–Kier alpha value is -1.40. The van der Waals surface area contributed by atoms with Crippen LogP contribution in [0, 0.1) is 25.7 Å². The van der Waals surface area contributed by atoms with Gasteiger partial charge in [-0.05, 0) is 38.5 Å². The predicted octanol–water partition coefficient (Wildman–Crippen LogP) is 1.59. The smallest absolute Gasteiger partial charge is 0.148 e. The average Bonchev–Trinajstić information content (AvgIpc) is 2.48. The number of nitrogens with zero attached hydrogens (tertiary/aromatic N) is 2. The topological polar surface area (TPSA) is 96.1 Å². The minimum atomic E-state index is 0.281. The lowest BCUT2D eigenvalue weighted by atomic mass is 9.79. The maximum Gasteiger partial charge on any atom is 0.148 e. The van der Waals surface area contributed by atoms with Gasteiger partial charge in [0.15, 0.2) is 0 Å². The van der Waals surface area contributed by atoms with Crippen LogP contribution in [-0.4, -0.2) is 28.2 Å². The summed E-state index contributed by atoms with van der Waals surface area (Å²) in [6.07, 6.45) is 4.78. The molecular weight excluding hydrogens is 254 g/mol. The van der Waals surface area contributed by atoms with Crippen molar-refractivity contribution in [1.82, 2.24) is 9.97 Å². The van der Waals surface area contributed by atoms with Crippen LogP contribution in [0.2, 0.25) is 0 Å². The minimum absolute atomic E-state index is 0.281. The van der Waals surface area contributed by atoms with Gasteiger partial charge < -0.3 is 15.8 Å². The second-order valence-corrected chi connectivity index (χ2v) is 5.61. The molecule has 2 unspecified atom stereocenters. The first-order valence-electron chi connectivity index (χ1n) is 7.32. The maximum atomic E-state index is 9.46. The van der Waals surface area contributed by atoms with Gasteiger partial charge >= 0.3 is 0 Å². The van der Waals surface area contributed by atoms with E-state index in [1.165, 1.54) is 19.3 Å². The van der Waals surface area contributed by atoms with Gasteiger partial charge in [-0.3, -0.25) is 0 Å². The summed E-state index contributed by atoms with van der Waals surface area (Å²) in [6, 6.07) is 0. The number of anilines is 2. The SMILES string of the molecule is Cc1nc(NN)c(C)c(NCC2CCCCC2CO)n1. The fourth-order valence-electron chi connectivity index (χ4n) is 2.96. The molecule has 0 aromatic carbocycles. The molecule has 0 aliphatic heterocycles. The molecule has 1 aromatic rings. The molecule has 0 saturated heterocycles. The summed E-state index contributed by atoms with van der Waals surface area (Å²) in [4.78, 5) is 8.69. The molecule has 1 heterocycles. The number of aliphatic hydroxyl groups is 1. The zero-order chi connectivity index (χ0) is 14.5. The molecule has 0 bridgehead atoms. The third-order valence-electron chi connectivity index (χ3n) is 4.23. The summed E-state index contributed by atoms with van der Waals surface area (Å²) >= 11 is 0.